The van der Waals surface area contributed by atoms with Gasteiger partial charge in [-0.15, -0.1) is 0 Å². The fourth-order valence-electron chi connectivity index (χ4n) is 1.81. The number of carboxylic acids is 1. The zero-order valence-electron chi connectivity index (χ0n) is 10.7. The van der Waals surface area contributed by atoms with Crippen LogP contribution >= 0.6 is 11.8 Å². The van der Waals surface area contributed by atoms with Gasteiger partial charge in [-0.3, -0.25) is 9.59 Å². The van der Waals surface area contributed by atoms with Crippen molar-refractivity contribution in [1.29, 1.82) is 0 Å². The molecule has 0 bridgehead atoms. The molecule has 0 aliphatic heterocycles. The summed E-state index contributed by atoms with van der Waals surface area (Å²) in [6, 6.07) is 0.191. The van der Waals surface area contributed by atoms with Crippen molar-refractivity contribution in [2.24, 2.45) is 11.8 Å². The van der Waals surface area contributed by atoms with Gasteiger partial charge in [-0.1, -0.05) is 6.92 Å². The Labute approximate surface area is 107 Å². The minimum absolute atomic E-state index is 0.00796. The summed E-state index contributed by atoms with van der Waals surface area (Å²) in [4.78, 5) is 24.4. The van der Waals surface area contributed by atoms with E-state index in [9.17, 15) is 9.59 Å². The molecule has 1 aliphatic carbocycles. The molecule has 0 heterocycles. The van der Waals surface area contributed by atoms with Gasteiger partial charge in [0, 0.05) is 13.1 Å². The van der Waals surface area contributed by atoms with Crippen LogP contribution in [0.4, 0.5) is 0 Å². The van der Waals surface area contributed by atoms with Crippen LogP contribution in [-0.4, -0.2) is 46.5 Å². The van der Waals surface area contributed by atoms with E-state index in [0.29, 0.717) is 6.42 Å². The standard InChI is InChI=1S/C12H21NO3S/c1-4-17-6-5-8(2)13(3)11(14)9-7-10(9)12(15)16/h8-10H,4-7H2,1-3H3,(H,15,16). The smallest absolute Gasteiger partial charge is 0.307 e. The van der Waals surface area contributed by atoms with Gasteiger partial charge < -0.3 is 10.0 Å². The lowest BCUT2D eigenvalue weighted by molar-refractivity contribution is -0.142. The maximum absolute atomic E-state index is 12.0. The van der Waals surface area contributed by atoms with E-state index >= 15 is 0 Å². The first-order chi connectivity index (χ1) is 7.99. The maximum atomic E-state index is 12.0. The van der Waals surface area contributed by atoms with Crippen LogP contribution in [0.2, 0.25) is 0 Å². The average molecular weight is 259 g/mol. The maximum Gasteiger partial charge on any atom is 0.307 e. The molecule has 1 aliphatic rings. The number of thioether (sulfide) groups is 1. The van der Waals surface area contributed by atoms with Crippen LogP contribution in [0.3, 0.4) is 0 Å². The van der Waals surface area contributed by atoms with Crippen LogP contribution in [0.5, 0.6) is 0 Å². The first-order valence-electron chi connectivity index (χ1n) is 6.06. The average Bonchev–Trinajstić information content (AvgIpc) is 3.07. The lowest BCUT2D eigenvalue weighted by Gasteiger charge is -2.25. The normalized spacial score (nSPS) is 24.2. The third-order valence-corrected chi connectivity index (χ3v) is 4.25. The number of hydrogen-bond acceptors (Lipinski definition) is 3. The molecule has 3 unspecified atom stereocenters. The molecule has 1 saturated carbocycles. The Morgan fingerprint density at radius 1 is 1.47 bits per heavy atom. The van der Waals surface area contributed by atoms with Crippen LogP contribution in [0.15, 0.2) is 0 Å². The molecule has 5 heteroatoms. The summed E-state index contributed by atoms with van der Waals surface area (Å²) in [5.74, 6) is 0.564. The highest BCUT2D eigenvalue weighted by Gasteiger charge is 2.49. The summed E-state index contributed by atoms with van der Waals surface area (Å²) >= 11 is 1.86. The van der Waals surface area contributed by atoms with Gasteiger partial charge in [-0.25, -0.2) is 0 Å². The quantitative estimate of drug-likeness (QED) is 0.707. The number of rotatable bonds is 7. The minimum Gasteiger partial charge on any atom is -0.481 e. The lowest BCUT2D eigenvalue weighted by atomic mass is 10.2. The molecule has 1 amide bonds. The Morgan fingerprint density at radius 3 is 2.59 bits per heavy atom. The molecule has 0 spiro atoms. The molecule has 1 rings (SSSR count). The van der Waals surface area contributed by atoms with Crippen molar-refractivity contribution >= 4 is 23.6 Å². The zero-order valence-corrected chi connectivity index (χ0v) is 11.5. The van der Waals surface area contributed by atoms with Gasteiger partial charge in [0.25, 0.3) is 0 Å². The third kappa shape index (κ3) is 3.91. The molecular weight excluding hydrogens is 238 g/mol. The van der Waals surface area contributed by atoms with Gasteiger partial charge >= 0.3 is 5.97 Å². The molecule has 0 saturated heterocycles. The van der Waals surface area contributed by atoms with E-state index in [-0.39, 0.29) is 17.9 Å². The largest absolute Gasteiger partial charge is 0.481 e. The first-order valence-corrected chi connectivity index (χ1v) is 7.21. The second-order valence-corrected chi connectivity index (χ2v) is 5.96. The highest BCUT2D eigenvalue weighted by molar-refractivity contribution is 7.99. The number of aliphatic carboxylic acids is 1. The third-order valence-electron chi connectivity index (χ3n) is 3.32. The van der Waals surface area contributed by atoms with E-state index < -0.39 is 11.9 Å². The van der Waals surface area contributed by atoms with Crippen molar-refractivity contribution in [3.05, 3.63) is 0 Å². The van der Waals surface area contributed by atoms with Crippen molar-refractivity contribution in [3.63, 3.8) is 0 Å². The molecule has 0 aromatic carbocycles. The fraction of sp³-hybridized carbons (Fsp3) is 0.833. The van der Waals surface area contributed by atoms with Crippen molar-refractivity contribution in [2.75, 3.05) is 18.6 Å². The van der Waals surface area contributed by atoms with Gasteiger partial charge in [-0.05, 0) is 31.3 Å². The van der Waals surface area contributed by atoms with E-state index in [4.69, 9.17) is 5.11 Å². The molecular formula is C12H21NO3S. The van der Waals surface area contributed by atoms with Gasteiger partial charge in [-0.2, -0.15) is 11.8 Å². The zero-order chi connectivity index (χ0) is 13.0. The van der Waals surface area contributed by atoms with Crippen LogP contribution < -0.4 is 0 Å². The van der Waals surface area contributed by atoms with E-state index in [1.165, 1.54) is 0 Å². The molecule has 0 aromatic rings. The van der Waals surface area contributed by atoms with Gasteiger partial charge in [0.05, 0.1) is 11.8 Å². The van der Waals surface area contributed by atoms with Crippen LogP contribution in [-0.2, 0) is 9.59 Å². The molecule has 17 heavy (non-hydrogen) atoms. The summed E-state index contributed by atoms with van der Waals surface area (Å²) in [5, 5.41) is 8.79. The highest BCUT2D eigenvalue weighted by Crippen LogP contribution is 2.40. The van der Waals surface area contributed by atoms with Gasteiger partial charge in [0.15, 0.2) is 0 Å². The van der Waals surface area contributed by atoms with Crippen molar-refractivity contribution in [1.82, 2.24) is 4.90 Å². The Bertz CT molecular complexity index is 295. The Kier molecular flexibility index (Phi) is 5.31. The summed E-state index contributed by atoms with van der Waals surface area (Å²) in [6.07, 6.45) is 1.47. The lowest BCUT2D eigenvalue weighted by Crippen LogP contribution is -2.37. The topological polar surface area (TPSA) is 57.6 Å². The minimum atomic E-state index is -0.842. The number of carboxylic acid groups (broad SMARTS) is 1. The Hall–Kier alpha value is -0.710. The molecule has 0 aromatic heterocycles. The van der Waals surface area contributed by atoms with Crippen LogP contribution in [0, 0.1) is 11.8 Å². The molecule has 98 valence electrons. The van der Waals surface area contributed by atoms with Crippen molar-refractivity contribution in [2.45, 2.75) is 32.7 Å². The van der Waals surface area contributed by atoms with Gasteiger partial charge in [0.2, 0.25) is 5.91 Å². The predicted molar refractivity (Wildman–Crippen MR) is 69.1 cm³/mol. The number of carbonyl (C=O) groups is 2. The summed E-state index contributed by atoms with van der Waals surface area (Å²) in [5.41, 5.74) is 0. The van der Waals surface area contributed by atoms with Crippen LogP contribution in [0.25, 0.3) is 0 Å². The van der Waals surface area contributed by atoms with Gasteiger partial charge in [0.1, 0.15) is 0 Å². The predicted octanol–water partition coefficient (Wildman–Crippen LogP) is 1.70. The molecule has 1 N–H and O–H groups in total. The second kappa shape index (κ2) is 6.28. The summed E-state index contributed by atoms with van der Waals surface area (Å²) in [7, 11) is 1.78. The SMILES string of the molecule is CCSCCC(C)N(C)C(=O)C1CC1C(=O)O. The van der Waals surface area contributed by atoms with E-state index in [1.807, 2.05) is 18.7 Å². The molecule has 1 fully saturated rings. The number of amides is 1. The second-order valence-electron chi connectivity index (χ2n) is 4.57. The number of carbonyl (C=O) groups excluding carboxylic acids is 1. The van der Waals surface area contributed by atoms with E-state index in [0.717, 1.165) is 17.9 Å². The van der Waals surface area contributed by atoms with Crippen molar-refractivity contribution in [3.8, 4) is 0 Å². The summed E-state index contributed by atoms with van der Waals surface area (Å²) < 4.78 is 0. The molecule has 0 radical (unpaired) electrons. The highest BCUT2D eigenvalue weighted by atomic mass is 32.2. The van der Waals surface area contributed by atoms with E-state index in [2.05, 4.69) is 6.92 Å². The fourth-order valence-corrected chi connectivity index (χ4v) is 2.61. The number of nitrogens with zero attached hydrogens (tertiary/aromatic N) is 1. The van der Waals surface area contributed by atoms with Crippen LogP contribution in [0.1, 0.15) is 26.7 Å². The Morgan fingerprint density at radius 2 is 2.12 bits per heavy atom. The monoisotopic (exact) mass is 259 g/mol. The number of hydrogen-bond donors (Lipinski definition) is 1. The van der Waals surface area contributed by atoms with E-state index in [1.54, 1.807) is 11.9 Å². The summed E-state index contributed by atoms with van der Waals surface area (Å²) in [6.45, 7) is 4.14. The first kappa shape index (κ1) is 14.4. The van der Waals surface area contributed by atoms with Crippen molar-refractivity contribution < 1.29 is 14.7 Å². The molecule has 3 atom stereocenters. The molecule has 4 nitrogen and oxygen atoms in total. The Balaban J connectivity index is 2.34.